The van der Waals surface area contributed by atoms with E-state index in [2.05, 4.69) is 5.32 Å². The molecule has 1 heterocycles. The molecule has 1 aliphatic heterocycles. The number of carbonyl (C=O) groups is 2. The topological polar surface area (TPSA) is 49.4 Å². The molecule has 112 valence electrons. The molecule has 0 aromatic heterocycles. The number of rotatable bonds is 3. The van der Waals surface area contributed by atoms with E-state index in [-0.39, 0.29) is 18.2 Å². The fraction of sp³-hybridized carbons (Fsp3) is 0.176. The van der Waals surface area contributed by atoms with Gasteiger partial charge in [-0.25, -0.2) is 4.90 Å². The summed E-state index contributed by atoms with van der Waals surface area (Å²) in [6.45, 7) is 1.88. The number of amides is 2. The van der Waals surface area contributed by atoms with E-state index in [9.17, 15) is 9.59 Å². The number of anilines is 2. The van der Waals surface area contributed by atoms with Crippen LogP contribution in [0.25, 0.3) is 0 Å². The Bertz CT molecular complexity index is 745. The third kappa shape index (κ3) is 2.57. The third-order valence-electron chi connectivity index (χ3n) is 3.71. The number of benzene rings is 2. The third-order valence-corrected chi connectivity index (χ3v) is 4.04. The Morgan fingerprint density at radius 2 is 1.77 bits per heavy atom. The number of carbonyl (C=O) groups excluding carboxylic acids is 2. The molecule has 1 N–H and O–H groups in total. The number of nitrogens with zero attached hydrogens (tertiary/aromatic N) is 1. The van der Waals surface area contributed by atoms with Crippen molar-refractivity contribution in [1.29, 1.82) is 0 Å². The first kappa shape index (κ1) is 14.6. The van der Waals surface area contributed by atoms with Crippen molar-refractivity contribution in [2.75, 3.05) is 10.2 Å². The van der Waals surface area contributed by atoms with Crippen molar-refractivity contribution in [2.45, 2.75) is 19.4 Å². The van der Waals surface area contributed by atoms with Gasteiger partial charge in [0.15, 0.2) is 0 Å². The van der Waals surface area contributed by atoms with Gasteiger partial charge in [0.2, 0.25) is 5.91 Å². The summed E-state index contributed by atoms with van der Waals surface area (Å²) in [4.78, 5) is 26.1. The van der Waals surface area contributed by atoms with Crippen molar-refractivity contribution in [3.63, 3.8) is 0 Å². The van der Waals surface area contributed by atoms with E-state index >= 15 is 0 Å². The Morgan fingerprint density at radius 3 is 2.50 bits per heavy atom. The fourth-order valence-corrected chi connectivity index (χ4v) is 2.77. The van der Waals surface area contributed by atoms with E-state index in [1.165, 1.54) is 4.90 Å². The molecule has 1 fully saturated rings. The molecule has 22 heavy (non-hydrogen) atoms. The lowest BCUT2D eigenvalue weighted by Gasteiger charge is -2.18. The predicted molar refractivity (Wildman–Crippen MR) is 87.2 cm³/mol. The number of halogens is 1. The molecule has 2 amide bonds. The molecule has 1 unspecified atom stereocenters. The Balaban J connectivity index is 1.86. The summed E-state index contributed by atoms with van der Waals surface area (Å²) in [5.41, 5.74) is 2.19. The summed E-state index contributed by atoms with van der Waals surface area (Å²) in [5, 5.41) is 3.59. The molecule has 1 atom stereocenters. The molecule has 4 nitrogen and oxygen atoms in total. The molecule has 0 saturated carbocycles. The minimum atomic E-state index is -0.591. The van der Waals surface area contributed by atoms with Gasteiger partial charge < -0.3 is 5.32 Å². The predicted octanol–water partition coefficient (Wildman–Crippen LogP) is 3.39. The second-order valence-corrected chi connectivity index (χ2v) is 5.64. The zero-order valence-electron chi connectivity index (χ0n) is 12.0. The second-order valence-electron chi connectivity index (χ2n) is 5.23. The molecule has 1 saturated heterocycles. The number of nitrogens with one attached hydrogen (secondary N) is 1. The number of imide groups is 1. The van der Waals surface area contributed by atoms with E-state index in [1.54, 1.807) is 18.2 Å². The van der Waals surface area contributed by atoms with Crippen LogP contribution in [0.1, 0.15) is 12.0 Å². The average molecular weight is 315 g/mol. The first-order chi connectivity index (χ1) is 10.6. The average Bonchev–Trinajstić information content (AvgIpc) is 2.77. The molecule has 0 aliphatic carbocycles. The van der Waals surface area contributed by atoms with Crippen LogP contribution in [0.15, 0.2) is 48.5 Å². The molecule has 1 aliphatic rings. The van der Waals surface area contributed by atoms with Gasteiger partial charge in [0, 0.05) is 0 Å². The van der Waals surface area contributed by atoms with Crippen molar-refractivity contribution in [1.82, 2.24) is 0 Å². The van der Waals surface area contributed by atoms with E-state index in [0.29, 0.717) is 16.4 Å². The smallest absolute Gasteiger partial charge is 0.256 e. The van der Waals surface area contributed by atoms with Gasteiger partial charge in [-0.1, -0.05) is 41.9 Å². The molecular formula is C17H15ClN2O2. The maximum atomic E-state index is 12.6. The van der Waals surface area contributed by atoms with Crippen molar-refractivity contribution in [3.8, 4) is 0 Å². The molecule has 2 aromatic rings. The first-order valence-corrected chi connectivity index (χ1v) is 7.39. The summed E-state index contributed by atoms with van der Waals surface area (Å²) in [6.07, 6.45) is 0.123. The van der Waals surface area contributed by atoms with Crippen molar-refractivity contribution in [3.05, 3.63) is 59.1 Å². The van der Waals surface area contributed by atoms with E-state index < -0.39 is 6.04 Å². The van der Waals surface area contributed by atoms with Gasteiger partial charge in [0.25, 0.3) is 5.91 Å². The Morgan fingerprint density at radius 1 is 1.09 bits per heavy atom. The van der Waals surface area contributed by atoms with Crippen LogP contribution in [0.5, 0.6) is 0 Å². The molecule has 0 radical (unpaired) electrons. The van der Waals surface area contributed by atoms with Crippen molar-refractivity contribution < 1.29 is 9.59 Å². The summed E-state index contributed by atoms with van der Waals surface area (Å²) in [7, 11) is 0. The SMILES string of the molecule is Cc1ccccc1N1C(=O)CC(Nc2ccccc2Cl)C1=O. The molecule has 0 spiro atoms. The lowest BCUT2D eigenvalue weighted by atomic mass is 10.2. The summed E-state index contributed by atoms with van der Waals surface area (Å²) >= 11 is 6.09. The Hall–Kier alpha value is -2.33. The standard InChI is InChI=1S/C17H15ClN2O2/c1-11-6-2-5-9-15(11)20-16(21)10-14(17(20)22)19-13-8-4-3-7-12(13)18/h2-9,14,19H,10H2,1H3. The number of hydrogen-bond donors (Lipinski definition) is 1. The minimum absolute atomic E-state index is 0.123. The van der Waals surface area contributed by atoms with Gasteiger partial charge in [0.1, 0.15) is 6.04 Å². The van der Waals surface area contributed by atoms with E-state index in [0.717, 1.165) is 5.56 Å². The van der Waals surface area contributed by atoms with Crippen LogP contribution >= 0.6 is 11.6 Å². The minimum Gasteiger partial charge on any atom is -0.372 e. The monoisotopic (exact) mass is 314 g/mol. The van der Waals surface area contributed by atoms with Gasteiger partial charge in [-0.2, -0.15) is 0 Å². The highest BCUT2D eigenvalue weighted by atomic mass is 35.5. The lowest BCUT2D eigenvalue weighted by Crippen LogP contribution is -2.35. The molecule has 5 heteroatoms. The molecule has 2 aromatic carbocycles. The van der Waals surface area contributed by atoms with Crippen LogP contribution in [-0.2, 0) is 9.59 Å². The van der Waals surface area contributed by atoms with Crippen LogP contribution in [-0.4, -0.2) is 17.9 Å². The van der Waals surface area contributed by atoms with E-state index in [4.69, 9.17) is 11.6 Å². The maximum Gasteiger partial charge on any atom is 0.256 e. The maximum absolute atomic E-state index is 12.6. The highest BCUT2D eigenvalue weighted by Gasteiger charge is 2.40. The Kier molecular flexibility index (Phi) is 3.86. The highest BCUT2D eigenvalue weighted by molar-refractivity contribution is 6.33. The largest absolute Gasteiger partial charge is 0.372 e. The van der Waals surface area contributed by atoms with Crippen LogP contribution in [0, 0.1) is 6.92 Å². The summed E-state index contributed by atoms with van der Waals surface area (Å²) < 4.78 is 0. The molecule has 3 rings (SSSR count). The molecular weight excluding hydrogens is 300 g/mol. The van der Waals surface area contributed by atoms with Crippen LogP contribution in [0.3, 0.4) is 0 Å². The van der Waals surface area contributed by atoms with Gasteiger partial charge in [-0.15, -0.1) is 0 Å². The molecule has 0 bridgehead atoms. The highest BCUT2D eigenvalue weighted by Crippen LogP contribution is 2.29. The zero-order valence-corrected chi connectivity index (χ0v) is 12.8. The van der Waals surface area contributed by atoms with Crippen molar-refractivity contribution in [2.24, 2.45) is 0 Å². The number of para-hydroxylation sites is 2. The van der Waals surface area contributed by atoms with Gasteiger partial charge >= 0.3 is 0 Å². The normalized spacial score (nSPS) is 17.9. The lowest BCUT2D eigenvalue weighted by molar-refractivity contribution is -0.121. The first-order valence-electron chi connectivity index (χ1n) is 7.01. The summed E-state index contributed by atoms with van der Waals surface area (Å²) in [5.74, 6) is -0.455. The van der Waals surface area contributed by atoms with Crippen LogP contribution in [0.4, 0.5) is 11.4 Å². The van der Waals surface area contributed by atoms with Gasteiger partial charge in [-0.3, -0.25) is 9.59 Å². The van der Waals surface area contributed by atoms with Crippen LogP contribution < -0.4 is 10.2 Å². The quantitative estimate of drug-likeness (QED) is 0.883. The number of aryl methyl sites for hydroxylation is 1. The number of hydrogen-bond acceptors (Lipinski definition) is 3. The van der Waals surface area contributed by atoms with Gasteiger partial charge in [0.05, 0.1) is 22.8 Å². The van der Waals surface area contributed by atoms with Gasteiger partial charge in [-0.05, 0) is 30.7 Å². The van der Waals surface area contributed by atoms with Crippen molar-refractivity contribution >= 4 is 34.8 Å². The Labute approximate surface area is 133 Å². The van der Waals surface area contributed by atoms with E-state index in [1.807, 2.05) is 37.3 Å². The van der Waals surface area contributed by atoms with Crippen LogP contribution in [0.2, 0.25) is 5.02 Å². The second kappa shape index (κ2) is 5.81. The zero-order chi connectivity index (χ0) is 15.7. The fourth-order valence-electron chi connectivity index (χ4n) is 2.58. The summed E-state index contributed by atoms with van der Waals surface area (Å²) in [6, 6.07) is 13.9.